The largest absolute Gasteiger partial charge is 0.350 e. The Hall–Kier alpha value is -1.39. The smallest absolute Gasteiger partial charge is 0.246 e. The van der Waals surface area contributed by atoms with Gasteiger partial charge >= 0.3 is 0 Å². The van der Waals surface area contributed by atoms with E-state index in [1.807, 2.05) is 0 Å². The van der Waals surface area contributed by atoms with E-state index in [0.717, 1.165) is 25.9 Å². The number of hydrogen-bond donors (Lipinski definition) is 1. The fourth-order valence-corrected chi connectivity index (χ4v) is 2.93. The van der Waals surface area contributed by atoms with Crippen LogP contribution < -0.4 is 5.32 Å². The van der Waals surface area contributed by atoms with E-state index in [4.69, 9.17) is 11.6 Å². The minimum atomic E-state index is -0.330. The van der Waals surface area contributed by atoms with Crippen LogP contribution in [0, 0.1) is 5.82 Å². The number of carbonyl (C=O) groups excluding carboxylic acids is 1. The molecule has 0 spiro atoms. The number of nitrogens with one attached hydrogen (secondary N) is 1. The number of nitrogens with zero attached hydrogens (tertiary/aromatic N) is 1. The highest BCUT2D eigenvalue weighted by atomic mass is 35.5. The Bertz CT molecular complexity index is 521. The molecule has 114 valence electrons. The molecule has 0 aromatic heterocycles. The van der Waals surface area contributed by atoms with E-state index in [1.165, 1.54) is 6.07 Å². The second-order valence-corrected chi connectivity index (χ2v) is 5.79. The first-order chi connectivity index (χ1) is 10.0. The second-order valence-electron chi connectivity index (χ2n) is 5.38. The summed E-state index contributed by atoms with van der Waals surface area (Å²) in [6, 6.07) is 4.44. The van der Waals surface area contributed by atoms with Crippen LogP contribution in [0.15, 0.2) is 30.4 Å². The molecule has 1 unspecified atom stereocenters. The number of amides is 1. The van der Waals surface area contributed by atoms with E-state index < -0.39 is 0 Å². The van der Waals surface area contributed by atoms with Crippen molar-refractivity contribution in [3.8, 4) is 0 Å². The topological polar surface area (TPSA) is 32.3 Å². The van der Waals surface area contributed by atoms with E-state index in [-0.39, 0.29) is 17.8 Å². The molecule has 0 saturated carbocycles. The molecule has 1 fully saturated rings. The maximum absolute atomic E-state index is 14.2. The molecule has 3 nitrogen and oxygen atoms in total. The van der Waals surface area contributed by atoms with Gasteiger partial charge < -0.3 is 5.32 Å². The summed E-state index contributed by atoms with van der Waals surface area (Å²) in [6.07, 6.45) is 2.16. The van der Waals surface area contributed by atoms with E-state index in [0.29, 0.717) is 22.7 Å². The normalized spacial score (nSPS) is 16.7. The summed E-state index contributed by atoms with van der Waals surface area (Å²) in [7, 11) is 0. The van der Waals surface area contributed by atoms with Gasteiger partial charge in [-0.25, -0.2) is 4.39 Å². The fraction of sp³-hybridized carbons (Fsp3) is 0.438. The summed E-state index contributed by atoms with van der Waals surface area (Å²) in [6.45, 7) is 7.36. The van der Waals surface area contributed by atoms with Crippen LogP contribution in [0.1, 0.15) is 31.4 Å². The average molecular weight is 311 g/mol. The summed E-state index contributed by atoms with van der Waals surface area (Å²) < 4.78 is 14.2. The van der Waals surface area contributed by atoms with Gasteiger partial charge in [0.2, 0.25) is 5.91 Å². The Morgan fingerprint density at radius 3 is 2.71 bits per heavy atom. The van der Waals surface area contributed by atoms with Gasteiger partial charge in [-0.1, -0.05) is 24.2 Å². The van der Waals surface area contributed by atoms with E-state index in [1.54, 1.807) is 19.1 Å². The maximum Gasteiger partial charge on any atom is 0.246 e. The highest BCUT2D eigenvalue weighted by Crippen LogP contribution is 2.31. The Labute approximate surface area is 129 Å². The number of carbonyl (C=O) groups is 1. The molecule has 21 heavy (non-hydrogen) atoms. The van der Waals surface area contributed by atoms with Crippen molar-refractivity contribution in [1.29, 1.82) is 0 Å². The highest BCUT2D eigenvalue weighted by molar-refractivity contribution is 6.31. The lowest BCUT2D eigenvalue weighted by Gasteiger charge is -2.29. The van der Waals surface area contributed by atoms with Gasteiger partial charge in [-0.3, -0.25) is 9.69 Å². The van der Waals surface area contributed by atoms with Crippen molar-refractivity contribution in [1.82, 2.24) is 10.2 Å². The van der Waals surface area contributed by atoms with Gasteiger partial charge in [-0.15, -0.1) is 0 Å². The molecule has 0 bridgehead atoms. The summed E-state index contributed by atoms with van der Waals surface area (Å²) in [5.41, 5.74) is 0.901. The van der Waals surface area contributed by atoms with Crippen LogP contribution >= 0.6 is 11.6 Å². The molecule has 1 aromatic carbocycles. The fourth-order valence-electron chi connectivity index (χ4n) is 2.64. The number of benzene rings is 1. The molecule has 1 atom stereocenters. The first-order valence-corrected chi connectivity index (χ1v) is 7.50. The van der Waals surface area contributed by atoms with Crippen LogP contribution in [0.4, 0.5) is 4.39 Å². The van der Waals surface area contributed by atoms with Crippen molar-refractivity contribution < 1.29 is 9.18 Å². The molecule has 1 aromatic rings. The van der Waals surface area contributed by atoms with Crippen molar-refractivity contribution in [3.05, 3.63) is 46.8 Å². The zero-order valence-electron chi connectivity index (χ0n) is 12.2. The van der Waals surface area contributed by atoms with Gasteiger partial charge in [0.05, 0.1) is 6.04 Å². The molecular weight excluding hydrogens is 291 g/mol. The van der Waals surface area contributed by atoms with Gasteiger partial charge in [-0.05, 0) is 45.0 Å². The van der Waals surface area contributed by atoms with E-state index >= 15 is 0 Å². The number of rotatable bonds is 5. The van der Waals surface area contributed by atoms with Crippen LogP contribution in [-0.4, -0.2) is 30.4 Å². The SMILES string of the molecule is C=C(C)C(=O)NCC(c1c(F)cccc1Cl)N1CCCC1. The van der Waals surface area contributed by atoms with Gasteiger partial charge in [0.1, 0.15) is 5.82 Å². The Balaban J connectivity index is 2.23. The number of likely N-dealkylation sites (tertiary alicyclic amines) is 1. The van der Waals surface area contributed by atoms with Crippen LogP contribution in [0.3, 0.4) is 0 Å². The summed E-state index contributed by atoms with van der Waals surface area (Å²) >= 11 is 6.18. The third-order valence-electron chi connectivity index (χ3n) is 3.76. The Morgan fingerprint density at radius 2 is 2.14 bits per heavy atom. The van der Waals surface area contributed by atoms with Gasteiger partial charge in [0.15, 0.2) is 0 Å². The molecule has 2 rings (SSSR count). The first kappa shape index (κ1) is 16.0. The molecule has 1 aliphatic rings. The van der Waals surface area contributed by atoms with E-state index in [2.05, 4.69) is 16.8 Å². The van der Waals surface area contributed by atoms with Gasteiger partial charge in [0, 0.05) is 22.7 Å². The number of hydrogen-bond acceptors (Lipinski definition) is 2. The minimum Gasteiger partial charge on any atom is -0.350 e. The molecule has 0 aliphatic carbocycles. The van der Waals surface area contributed by atoms with Gasteiger partial charge in [0.25, 0.3) is 0 Å². The highest BCUT2D eigenvalue weighted by Gasteiger charge is 2.28. The quantitative estimate of drug-likeness (QED) is 0.846. The summed E-state index contributed by atoms with van der Waals surface area (Å²) in [5, 5.41) is 3.21. The standard InChI is InChI=1S/C16H20ClFN2O/c1-11(2)16(21)19-10-14(20-8-3-4-9-20)15-12(17)6-5-7-13(15)18/h5-7,14H,1,3-4,8-10H2,2H3,(H,19,21). The van der Waals surface area contributed by atoms with Crippen molar-refractivity contribution in [2.75, 3.05) is 19.6 Å². The lowest BCUT2D eigenvalue weighted by atomic mass is 10.0. The third kappa shape index (κ3) is 3.83. The summed E-state index contributed by atoms with van der Waals surface area (Å²) in [5.74, 6) is -0.546. The molecular formula is C16H20ClFN2O. The van der Waals surface area contributed by atoms with Crippen molar-refractivity contribution in [2.45, 2.75) is 25.8 Å². The predicted octanol–water partition coefficient (Wildman–Crippen LogP) is 3.31. The molecule has 0 radical (unpaired) electrons. The minimum absolute atomic E-state index is 0.216. The summed E-state index contributed by atoms with van der Waals surface area (Å²) in [4.78, 5) is 13.9. The van der Waals surface area contributed by atoms with Crippen molar-refractivity contribution in [3.63, 3.8) is 0 Å². The molecule has 1 saturated heterocycles. The van der Waals surface area contributed by atoms with Crippen molar-refractivity contribution in [2.24, 2.45) is 0 Å². The maximum atomic E-state index is 14.2. The molecule has 1 aliphatic heterocycles. The second kappa shape index (κ2) is 7.05. The van der Waals surface area contributed by atoms with Gasteiger partial charge in [-0.2, -0.15) is 0 Å². The van der Waals surface area contributed by atoms with Crippen molar-refractivity contribution >= 4 is 17.5 Å². The molecule has 1 amide bonds. The first-order valence-electron chi connectivity index (χ1n) is 7.12. The Morgan fingerprint density at radius 1 is 1.48 bits per heavy atom. The van der Waals surface area contributed by atoms with Crippen LogP contribution in [0.2, 0.25) is 5.02 Å². The third-order valence-corrected chi connectivity index (χ3v) is 4.09. The average Bonchev–Trinajstić information content (AvgIpc) is 2.95. The van der Waals surface area contributed by atoms with E-state index in [9.17, 15) is 9.18 Å². The van der Waals surface area contributed by atoms with Crippen LogP contribution in [-0.2, 0) is 4.79 Å². The lowest BCUT2D eigenvalue weighted by molar-refractivity contribution is -0.117. The monoisotopic (exact) mass is 310 g/mol. The lowest BCUT2D eigenvalue weighted by Crippen LogP contribution is -2.37. The molecule has 5 heteroatoms. The molecule has 1 N–H and O–H groups in total. The number of halogens is 2. The predicted molar refractivity (Wildman–Crippen MR) is 82.8 cm³/mol. The van der Waals surface area contributed by atoms with Crippen LogP contribution in [0.25, 0.3) is 0 Å². The molecule has 1 heterocycles. The zero-order chi connectivity index (χ0) is 15.4. The zero-order valence-corrected chi connectivity index (χ0v) is 12.9. The Kier molecular flexibility index (Phi) is 5.37. The van der Waals surface area contributed by atoms with Crippen LogP contribution in [0.5, 0.6) is 0 Å².